The van der Waals surface area contributed by atoms with Gasteiger partial charge in [-0.25, -0.2) is 4.68 Å². The summed E-state index contributed by atoms with van der Waals surface area (Å²) in [5, 5.41) is 4.12. The molecule has 0 aliphatic carbocycles. The minimum absolute atomic E-state index is 0.0614. The molecule has 3 rings (SSSR count). The molecule has 1 radical (unpaired) electrons. The number of rotatable bonds is 2. The van der Waals surface area contributed by atoms with Gasteiger partial charge in [-0.3, -0.25) is 0 Å². The lowest BCUT2D eigenvalue weighted by molar-refractivity contribution is -0.137. The minimum atomic E-state index is -4.46. The van der Waals surface area contributed by atoms with Gasteiger partial charge in [0.2, 0.25) is 0 Å². The van der Waals surface area contributed by atoms with E-state index in [-0.39, 0.29) is 5.56 Å². The Balaban J connectivity index is 2.18. The molecule has 105 valence electrons. The van der Waals surface area contributed by atoms with Gasteiger partial charge in [0.05, 0.1) is 23.1 Å². The van der Waals surface area contributed by atoms with Crippen molar-refractivity contribution in [2.45, 2.75) is 6.18 Å². The number of alkyl halides is 3. The molecule has 0 N–H and O–H groups in total. The van der Waals surface area contributed by atoms with Crippen molar-refractivity contribution in [3.8, 4) is 16.9 Å². The van der Waals surface area contributed by atoms with Crippen LogP contribution < -0.4 is 0 Å². The van der Waals surface area contributed by atoms with E-state index in [4.69, 9.17) is 0 Å². The van der Waals surface area contributed by atoms with Gasteiger partial charge in [0.15, 0.2) is 0 Å². The van der Waals surface area contributed by atoms with Gasteiger partial charge < -0.3 is 0 Å². The Labute approximate surface area is 119 Å². The second-order valence-corrected chi connectivity index (χ2v) is 4.42. The zero-order chi connectivity index (χ0) is 14.9. The van der Waals surface area contributed by atoms with Crippen molar-refractivity contribution in [3.05, 3.63) is 72.4 Å². The fourth-order valence-corrected chi connectivity index (χ4v) is 2.17. The van der Waals surface area contributed by atoms with Gasteiger partial charge in [-0.05, 0) is 24.3 Å². The molecule has 5 heteroatoms. The molecule has 0 unspecified atom stereocenters. The largest absolute Gasteiger partial charge is 0.417 e. The smallest absolute Gasteiger partial charge is 0.233 e. The fourth-order valence-electron chi connectivity index (χ4n) is 2.17. The SMILES string of the molecule is FC(F)(F)c1[c]cccc1-c1ccnn1-c1ccccc1. The van der Waals surface area contributed by atoms with Crippen LogP contribution in [-0.4, -0.2) is 9.78 Å². The predicted octanol–water partition coefficient (Wildman–Crippen LogP) is 4.36. The average molecular weight is 287 g/mol. The summed E-state index contributed by atoms with van der Waals surface area (Å²) in [6.07, 6.45) is -2.97. The van der Waals surface area contributed by atoms with Gasteiger partial charge in [0.1, 0.15) is 0 Å². The van der Waals surface area contributed by atoms with Crippen molar-refractivity contribution < 1.29 is 13.2 Å². The topological polar surface area (TPSA) is 17.8 Å². The van der Waals surface area contributed by atoms with Gasteiger partial charge in [-0.1, -0.05) is 36.4 Å². The number of hydrogen-bond donors (Lipinski definition) is 0. The molecule has 0 fully saturated rings. The average Bonchev–Trinajstić information content (AvgIpc) is 2.96. The van der Waals surface area contributed by atoms with Crippen molar-refractivity contribution in [1.29, 1.82) is 0 Å². The van der Waals surface area contributed by atoms with Crippen LogP contribution in [0.15, 0.2) is 60.8 Å². The lowest BCUT2D eigenvalue weighted by Crippen LogP contribution is -2.09. The van der Waals surface area contributed by atoms with E-state index in [1.165, 1.54) is 29.1 Å². The van der Waals surface area contributed by atoms with E-state index < -0.39 is 11.7 Å². The molecule has 2 aromatic carbocycles. The molecule has 0 amide bonds. The van der Waals surface area contributed by atoms with Crippen LogP contribution in [0.3, 0.4) is 0 Å². The zero-order valence-corrected chi connectivity index (χ0v) is 10.8. The number of para-hydroxylation sites is 1. The maximum Gasteiger partial charge on any atom is 0.417 e. The Morgan fingerprint density at radius 3 is 2.43 bits per heavy atom. The third kappa shape index (κ3) is 2.54. The predicted molar refractivity (Wildman–Crippen MR) is 72.8 cm³/mol. The van der Waals surface area contributed by atoms with Crippen LogP contribution in [-0.2, 0) is 6.18 Å². The normalized spacial score (nSPS) is 11.6. The molecular weight excluding hydrogens is 277 g/mol. The van der Waals surface area contributed by atoms with E-state index in [1.54, 1.807) is 18.2 Å². The Morgan fingerprint density at radius 2 is 1.71 bits per heavy atom. The van der Waals surface area contributed by atoms with Crippen LogP contribution in [0.1, 0.15) is 5.56 Å². The van der Waals surface area contributed by atoms with E-state index in [2.05, 4.69) is 11.2 Å². The highest BCUT2D eigenvalue weighted by Gasteiger charge is 2.34. The Kier molecular flexibility index (Phi) is 3.25. The Hall–Kier alpha value is -2.56. The standard InChI is InChI=1S/C16H10F3N2/c17-16(18,19)14-9-5-4-8-13(14)15-10-11-20-21(15)12-6-2-1-3-7-12/h1-8,10-11H. The molecule has 21 heavy (non-hydrogen) atoms. The van der Waals surface area contributed by atoms with E-state index >= 15 is 0 Å². The van der Waals surface area contributed by atoms with Gasteiger partial charge >= 0.3 is 6.18 Å². The van der Waals surface area contributed by atoms with E-state index in [1.807, 2.05) is 18.2 Å². The lowest BCUT2D eigenvalue weighted by atomic mass is 10.0. The molecule has 0 bridgehead atoms. The first-order valence-electron chi connectivity index (χ1n) is 6.25. The van der Waals surface area contributed by atoms with Crippen molar-refractivity contribution in [2.75, 3.05) is 0 Å². The van der Waals surface area contributed by atoms with Crippen molar-refractivity contribution in [3.63, 3.8) is 0 Å². The van der Waals surface area contributed by atoms with Crippen LogP contribution in [0, 0.1) is 6.07 Å². The third-order valence-electron chi connectivity index (χ3n) is 3.06. The summed E-state index contributed by atoms with van der Waals surface area (Å²) in [7, 11) is 0. The lowest BCUT2D eigenvalue weighted by Gasteiger charge is -2.13. The van der Waals surface area contributed by atoms with Crippen LogP contribution >= 0.6 is 0 Å². The number of halogens is 3. The summed E-state index contributed by atoms with van der Waals surface area (Å²) in [4.78, 5) is 0. The van der Waals surface area contributed by atoms with Gasteiger partial charge in [-0.15, -0.1) is 0 Å². The van der Waals surface area contributed by atoms with Crippen LogP contribution in [0.2, 0.25) is 0 Å². The number of benzene rings is 2. The van der Waals surface area contributed by atoms with Crippen molar-refractivity contribution >= 4 is 0 Å². The fraction of sp³-hybridized carbons (Fsp3) is 0.0625. The number of aromatic nitrogens is 2. The second kappa shape index (κ2) is 5.09. The highest BCUT2D eigenvalue weighted by Crippen LogP contribution is 2.36. The van der Waals surface area contributed by atoms with Gasteiger partial charge in [0.25, 0.3) is 0 Å². The number of hydrogen-bond acceptors (Lipinski definition) is 1. The van der Waals surface area contributed by atoms with E-state index in [0.717, 1.165) is 0 Å². The maximum atomic E-state index is 13.1. The molecule has 0 spiro atoms. The van der Waals surface area contributed by atoms with Crippen LogP contribution in [0.5, 0.6) is 0 Å². The molecule has 0 saturated carbocycles. The first kappa shape index (κ1) is 13.4. The summed E-state index contributed by atoms with van der Waals surface area (Å²) >= 11 is 0. The highest BCUT2D eigenvalue weighted by atomic mass is 19.4. The van der Waals surface area contributed by atoms with Crippen LogP contribution in [0.25, 0.3) is 16.9 Å². The molecule has 0 aliphatic rings. The Bertz CT molecular complexity index is 745. The molecule has 1 aromatic heterocycles. The third-order valence-corrected chi connectivity index (χ3v) is 3.06. The summed E-state index contributed by atoms with van der Waals surface area (Å²) in [6, 6.07) is 17.1. The van der Waals surface area contributed by atoms with Crippen LogP contribution in [0.4, 0.5) is 13.2 Å². The molecule has 1 heterocycles. The summed E-state index contributed by atoms with van der Waals surface area (Å²) < 4.78 is 40.8. The summed E-state index contributed by atoms with van der Waals surface area (Å²) in [6.45, 7) is 0. The van der Waals surface area contributed by atoms with E-state index in [0.29, 0.717) is 11.4 Å². The molecule has 0 saturated heterocycles. The zero-order valence-electron chi connectivity index (χ0n) is 10.8. The molecule has 0 atom stereocenters. The number of nitrogens with zero attached hydrogens (tertiary/aromatic N) is 2. The Morgan fingerprint density at radius 1 is 0.952 bits per heavy atom. The molecule has 3 aromatic rings. The van der Waals surface area contributed by atoms with Gasteiger partial charge in [0, 0.05) is 5.56 Å². The molecule has 2 nitrogen and oxygen atoms in total. The first-order valence-corrected chi connectivity index (χ1v) is 6.25. The summed E-state index contributed by atoms with van der Waals surface area (Å²) in [5.41, 5.74) is 0.355. The van der Waals surface area contributed by atoms with Crippen molar-refractivity contribution in [1.82, 2.24) is 9.78 Å². The highest BCUT2D eigenvalue weighted by molar-refractivity contribution is 5.66. The van der Waals surface area contributed by atoms with E-state index in [9.17, 15) is 13.2 Å². The minimum Gasteiger partial charge on any atom is -0.233 e. The maximum absolute atomic E-state index is 13.1. The molecular formula is C16H10F3N2. The first-order chi connectivity index (χ1) is 10.1. The second-order valence-electron chi connectivity index (χ2n) is 4.42. The monoisotopic (exact) mass is 287 g/mol. The van der Waals surface area contributed by atoms with Crippen molar-refractivity contribution in [2.24, 2.45) is 0 Å². The summed E-state index contributed by atoms with van der Waals surface area (Å²) in [5.74, 6) is 0. The quantitative estimate of drug-likeness (QED) is 0.685. The molecule has 0 aliphatic heterocycles. The van der Waals surface area contributed by atoms with Gasteiger partial charge in [-0.2, -0.15) is 18.3 Å².